The highest BCUT2D eigenvalue weighted by Crippen LogP contribution is 2.38. The van der Waals surface area contributed by atoms with Gasteiger partial charge in [-0.3, -0.25) is 9.52 Å². The van der Waals surface area contributed by atoms with E-state index in [1.165, 1.54) is 35.2 Å². The molecule has 6 nitrogen and oxygen atoms in total. The summed E-state index contributed by atoms with van der Waals surface area (Å²) in [5, 5.41) is 9.94. The molecule has 3 aromatic rings. The number of benzene rings is 3. The third-order valence-electron chi connectivity index (χ3n) is 5.38. The Morgan fingerprint density at radius 2 is 1.71 bits per heavy atom. The Labute approximate surface area is 202 Å². The van der Waals surface area contributed by atoms with Crippen LogP contribution in [0.25, 0.3) is 11.1 Å². The Morgan fingerprint density at radius 1 is 1.03 bits per heavy atom. The lowest BCUT2D eigenvalue weighted by atomic mass is 9.93. The number of hydrogen-bond donors (Lipinski definition) is 2. The number of phenols is 1. The fourth-order valence-electron chi connectivity index (χ4n) is 3.81. The van der Waals surface area contributed by atoms with Crippen molar-refractivity contribution in [3.63, 3.8) is 0 Å². The number of fused-ring (bicyclic) bond motifs is 1. The Bertz CT molecular complexity index is 1410. The average molecular weight is 555 g/mol. The number of nitrogens with zero attached hydrogens (tertiary/aromatic N) is 1. The molecular weight excluding hydrogens is 537 g/mol. The molecule has 178 valence electrons. The maximum absolute atomic E-state index is 13.1. The lowest BCUT2D eigenvalue weighted by Gasteiger charge is -2.29. The Balaban J connectivity index is 1.63. The molecule has 34 heavy (non-hydrogen) atoms. The summed E-state index contributed by atoms with van der Waals surface area (Å²) in [5.74, 6) is -0.580. The summed E-state index contributed by atoms with van der Waals surface area (Å²) in [6, 6.07) is 13.1. The molecule has 0 unspecified atom stereocenters. The topological polar surface area (TPSA) is 86.7 Å². The average Bonchev–Trinajstić information content (AvgIpc) is 2.73. The number of anilines is 2. The zero-order valence-electron chi connectivity index (χ0n) is 17.6. The molecule has 11 heteroatoms. The van der Waals surface area contributed by atoms with E-state index >= 15 is 0 Å². The number of carbonyl (C=O) groups excluding carboxylic acids is 1. The molecule has 1 amide bonds. The molecule has 3 aromatic carbocycles. The van der Waals surface area contributed by atoms with Gasteiger partial charge < -0.3 is 10.0 Å². The summed E-state index contributed by atoms with van der Waals surface area (Å²) in [6.07, 6.45) is -3.03. The van der Waals surface area contributed by atoms with E-state index in [1.807, 2.05) is 0 Å². The van der Waals surface area contributed by atoms with Crippen LogP contribution in [0.4, 0.5) is 24.5 Å². The van der Waals surface area contributed by atoms with Crippen LogP contribution in [-0.4, -0.2) is 32.2 Å². The summed E-state index contributed by atoms with van der Waals surface area (Å²) >= 11 is 2.99. The van der Waals surface area contributed by atoms with Crippen LogP contribution in [0.15, 0.2) is 59.1 Å². The van der Waals surface area contributed by atoms with Crippen LogP contribution in [0, 0.1) is 0 Å². The molecule has 1 aliphatic heterocycles. The van der Waals surface area contributed by atoms with Crippen LogP contribution < -0.4 is 9.62 Å². The van der Waals surface area contributed by atoms with E-state index in [1.54, 1.807) is 18.2 Å². The molecule has 0 radical (unpaired) electrons. The second-order valence-electron chi connectivity index (χ2n) is 7.85. The van der Waals surface area contributed by atoms with E-state index in [4.69, 9.17) is 0 Å². The molecule has 0 bridgehead atoms. The second-order valence-corrected chi connectivity index (χ2v) is 10.4. The van der Waals surface area contributed by atoms with Crippen molar-refractivity contribution in [3.8, 4) is 16.9 Å². The summed E-state index contributed by atoms with van der Waals surface area (Å²) in [5.41, 5.74) is 2.05. The molecule has 0 fully saturated rings. The van der Waals surface area contributed by atoms with Gasteiger partial charge in [-0.25, -0.2) is 8.42 Å². The molecule has 0 aromatic heterocycles. The summed E-state index contributed by atoms with van der Waals surface area (Å²) in [4.78, 5) is 14.6. The van der Waals surface area contributed by atoms with Crippen molar-refractivity contribution in [1.29, 1.82) is 0 Å². The highest BCUT2D eigenvalue weighted by molar-refractivity contribution is 9.10. The fraction of sp³-hybridized carbons (Fsp3) is 0.174. The molecule has 0 saturated heterocycles. The standard InChI is InChI=1S/C23H18BrF3N2O4S/c1-34(32,33)28-20-12-16(4-7-21(20)30)29-9-8-15-10-13(2-5-17(15)22(29)31)14-3-6-18(19(24)11-14)23(25,26)27/h2-7,10-12,28,30H,8-9H2,1H3. The first kappa shape index (κ1) is 24.1. The minimum absolute atomic E-state index is 0.0400. The molecule has 2 N–H and O–H groups in total. The first-order valence-electron chi connectivity index (χ1n) is 9.96. The Kier molecular flexibility index (Phi) is 6.11. The first-order valence-corrected chi connectivity index (χ1v) is 12.6. The van der Waals surface area contributed by atoms with E-state index in [0.29, 0.717) is 35.3 Å². The van der Waals surface area contributed by atoms with Crippen molar-refractivity contribution in [3.05, 3.63) is 75.8 Å². The third kappa shape index (κ3) is 4.90. The van der Waals surface area contributed by atoms with E-state index in [0.717, 1.165) is 17.9 Å². The first-order chi connectivity index (χ1) is 15.8. The number of aromatic hydroxyl groups is 1. The largest absolute Gasteiger partial charge is 0.506 e. The quantitative estimate of drug-likeness (QED) is 0.422. The lowest BCUT2D eigenvalue weighted by Crippen LogP contribution is -2.37. The molecule has 0 spiro atoms. The monoisotopic (exact) mass is 554 g/mol. The molecular formula is C23H18BrF3N2O4S. The number of carbonyl (C=O) groups is 1. The SMILES string of the molecule is CS(=O)(=O)Nc1cc(N2CCc3cc(-c4ccc(C(F)(F)F)c(Br)c4)ccc3C2=O)ccc1O. The number of nitrogens with one attached hydrogen (secondary N) is 1. The number of amides is 1. The predicted molar refractivity (Wildman–Crippen MR) is 127 cm³/mol. The van der Waals surface area contributed by atoms with E-state index in [9.17, 15) is 31.5 Å². The van der Waals surface area contributed by atoms with E-state index in [2.05, 4.69) is 20.7 Å². The molecule has 0 saturated carbocycles. The molecule has 1 heterocycles. The summed E-state index contributed by atoms with van der Waals surface area (Å²) < 4.78 is 64.3. The van der Waals surface area contributed by atoms with Crippen molar-refractivity contribution >= 4 is 43.2 Å². The van der Waals surface area contributed by atoms with Crippen molar-refractivity contribution < 1.29 is 31.5 Å². The van der Waals surface area contributed by atoms with Crippen LogP contribution in [0.3, 0.4) is 0 Å². The van der Waals surface area contributed by atoms with Gasteiger partial charge in [0.15, 0.2) is 0 Å². The van der Waals surface area contributed by atoms with Gasteiger partial charge in [0.25, 0.3) is 5.91 Å². The number of sulfonamides is 1. The van der Waals surface area contributed by atoms with E-state index < -0.39 is 21.8 Å². The minimum atomic E-state index is -4.46. The minimum Gasteiger partial charge on any atom is -0.506 e. The molecule has 1 aliphatic rings. The van der Waals surface area contributed by atoms with Crippen molar-refractivity contribution in [2.75, 3.05) is 22.4 Å². The summed E-state index contributed by atoms with van der Waals surface area (Å²) in [6.45, 7) is 0.301. The maximum Gasteiger partial charge on any atom is 0.417 e. The number of hydrogen-bond acceptors (Lipinski definition) is 4. The van der Waals surface area contributed by atoms with Gasteiger partial charge in [0.05, 0.1) is 17.5 Å². The van der Waals surface area contributed by atoms with Crippen LogP contribution in [0.1, 0.15) is 21.5 Å². The van der Waals surface area contributed by atoms with E-state index in [-0.39, 0.29) is 21.8 Å². The second kappa shape index (κ2) is 8.62. The van der Waals surface area contributed by atoms with Gasteiger partial charge in [-0.15, -0.1) is 0 Å². The third-order valence-corrected chi connectivity index (χ3v) is 6.63. The van der Waals surface area contributed by atoms with Gasteiger partial charge in [0.2, 0.25) is 10.0 Å². The smallest absolute Gasteiger partial charge is 0.417 e. The summed E-state index contributed by atoms with van der Waals surface area (Å²) in [7, 11) is -3.63. The van der Waals surface area contributed by atoms with Crippen LogP contribution in [0.5, 0.6) is 5.75 Å². The van der Waals surface area contributed by atoms with Crippen molar-refractivity contribution in [1.82, 2.24) is 0 Å². The molecule has 4 rings (SSSR count). The number of phenolic OH excluding ortho intramolecular Hbond substituents is 1. The van der Waals surface area contributed by atoms with Gasteiger partial charge in [-0.1, -0.05) is 34.1 Å². The number of rotatable bonds is 4. The van der Waals surface area contributed by atoms with Gasteiger partial charge in [0, 0.05) is 22.3 Å². The van der Waals surface area contributed by atoms with Crippen molar-refractivity contribution in [2.45, 2.75) is 12.6 Å². The number of halogens is 4. The zero-order chi connectivity index (χ0) is 24.8. The van der Waals surface area contributed by atoms with Gasteiger partial charge >= 0.3 is 6.18 Å². The van der Waals surface area contributed by atoms with Crippen molar-refractivity contribution in [2.24, 2.45) is 0 Å². The van der Waals surface area contributed by atoms with Gasteiger partial charge in [0.1, 0.15) is 5.75 Å². The highest BCUT2D eigenvalue weighted by atomic mass is 79.9. The molecule has 0 aliphatic carbocycles. The molecule has 0 atom stereocenters. The fourth-order valence-corrected chi connectivity index (χ4v) is 4.98. The number of alkyl halides is 3. The van der Waals surface area contributed by atoms with Crippen LogP contribution in [0.2, 0.25) is 0 Å². The van der Waals surface area contributed by atoms with Gasteiger partial charge in [-0.05, 0) is 59.5 Å². The van der Waals surface area contributed by atoms with Gasteiger partial charge in [-0.2, -0.15) is 13.2 Å². The Morgan fingerprint density at radius 3 is 2.35 bits per heavy atom. The van der Waals surface area contributed by atoms with Crippen LogP contribution >= 0.6 is 15.9 Å². The lowest BCUT2D eigenvalue weighted by molar-refractivity contribution is -0.138. The van der Waals surface area contributed by atoms with Crippen LogP contribution in [-0.2, 0) is 22.6 Å². The predicted octanol–water partition coefficient (Wildman–Crippen LogP) is 5.41. The normalized spacial score (nSPS) is 14.1. The maximum atomic E-state index is 13.1. The Hall–Kier alpha value is -3.05. The highest BCUT2D eigenvalue weighted by Gasteiger charge is 2.33. The zero-order valence-corrected chi connectivity index (χ0v) is 20.1.